The SMILES string of the molecule is Cc1nc(N(C)C)cc(N2CCN(S(=O)(=O)c3cc(F)cc(F)c3)CC2)n1. The largest absolute Gasteiger partial charge is 0.363 e. The standard InChI is InChI=1S/C17H21F2N5O2S/c1-12-20-16(22(2)3)11-17(21-12)23-4-6-24(7-5-23)27(25,26)15-9-13(18)8-14(19)10-15/h8-11H,4-7H2,1-3H3. The summed E-state index contributed by atoms with van der Waals surface area (Å²) in [6, 6.07) is 4.17. The monoisotopic (exact) mass is 397 g/mol. The Kier molecular flexibility index (Phi) is 5.29. The number of sulfonamides is 1. The molecule has 27 heavy (non-hydrogen) atoms. The number of halogens is 2. The molecule has 0 N–H and O–H groups in total. The van der Waals surface area contributed by atoms with Crippen molar-refractivity contribution in [3.63, 3.8) is 0 Å². The smallest absolute Gasteiger partial charge is 0.243 e. The van der Waals surface area contributed by atoms with E-state index in [0.717, 1.165) is 23.8 Å². The minimum atomic E-state index is -3.96. The molecule has 0 atom stereocenters. The molecule has 0 spiro atoms. The summed E-state index contributed by atoms with van der Waals surface area (Å²) < 4.78 is 53.4. The summed E-state index contributed by atoms with van der Waals surface area (Å²) in [5, 5.41) is 0. The first-order chi connectivity index (χ1) is 12.7. The van der Waals surface area contributed by atoms with Gasteiger partial charge in [0.25, 0.3) is 0 Å². The van der Waals surface area contributed by atoms with E-state index in [1.165, 1.54) is 4.31 Å². The van der Waals surface area contributed by atoms with Crippen molar-refractivity contribution >= 4 is 21.7 Å². The summed E-state index contributed by atoms with van der Waals surface area (Å²) >= 11 is 0. The Morgan fingerprint density at radius 2 is 1.56 bits per heavy atom. The van der Waals surface area contributed by atoms with Crippen molar-refractivity contribution in [1.29, 1.82) is 0 Å². The van der Waals surface area contributed by atoms with Crippen LogP contribution in [0.5, 0.6) is 0 Å². The molecule has 1 aromatic carbocycles. The van der Waals surface area contributed by atoms with Crippen molar-refractivity contribution in [1.82, 2.24) is 14.3 Å². The predicted molar refractivity (Wildman–Crippen MR) is 98.4 cm³/mol. The molecule has 10 heteroatoms. The zero-order valence-electron chi connectivity index (χ0n) is 15.4. The quantitative estimate of drug-likeness (QED) is 0.781. The average Bonchev–Trinajstić information content (AvgIpc) is 2.60. The van der Waals surface area contributed by atoms with E-state index in [-0.39, 0.29) is 18.0 Å². The summed E-state index contributed by atoms with van der Waals surface area (Å²) in [5.41, 5.74) is 0. The lowest BCUT2D eigenvalue weighted by Crippen LogP contribution is -2.49. The molecular formula is C17H21F2N5O2S. The number of benzene rings is 1. The third-order valence-corrected chi connectivity index (χ3v) is 6.18. The van der Waals surface area contributed by atoms with E-state index in [1.54, 1.807) is 6.92 Å². The van der Waals surface area contributed by atoms with Crippen LogP contribution in [0.3, 0.4) is 0 Å². The first kappa shape index (κ1) is 19.4. The van der Waals surface area contributed by atoms with Crippen LogP contribution in [0.25, 0.3) is 0 Å². The first-order valence-electron chi connectivity index (χ1n) is 8.41. The summed E-state index contributed by atoms with van der Waals surface area (Å²) in [7, 11) is -0.190. The lowest BCUT2D eigenvalue weighted by atomic mass is 10.3. The van der Waals surface area contributed by atoms with Gasteiger partial charge in [0, 0.05) is 52.4 Å². The zero-order valence-corrected chi connectivity index (χ0v) is 16.2. The molecular weight excluding hydrogens is 376 g/mol. The maximum atomic E-state index is 13.4. The molecule has 1 saturated heterocycles. The fraction of sp³-hybridized carbons (Fsp3) is 0.412. The molecule has 0 aliphatic carbocycles. The molecule has 2 heterocycles. The van der Waals surface area contributed by atoms with Gasteiger partial charge >= 0.3 is 0 Å². The second-order valence-corrected chi connectivity index (χ2v) is 8.46. The van der Waals surface area contributed by atoms with Crippen LogP contribution in [0.2, 0.25) is 0 Å². The number of piperazine rings is 1. The molecule has 1 aromatic heterocycles. The van der Waals surface area contributed by atoms with Gasteiger partial charge in [-0.2, -0.15) is 4.31 Å². The number of nitrogens with zero attached hydrogens (tertiary/aromatic N) is 5. The molecule has 0 bridgehead atoms. The van der Waals surface area contributed by atoms with Gasteiger partial charge in [-0.3, -0.25) is 0 Å². The molecule has 7 nitrogen and oxygen atoms in total. The van der Waals surface area contributed by atoms with Crippen molar-refractivity contribution in [2.45, 2.75) is 11.8 Å². The number of hydrogen-bond acceptors (Lipinski definition) is 6. The molecule has 146 valence electrons. The van der Waals surface area contributed by atoms with E-state index >= 15 is 0 Å². The molecule has 0 radical (unpaired) electrons. The van der Waals surface area contributed by atoms with Crippen LogP contribution in [0, 0.1) is 18.6 Å². The van der Waals surface area contributed by atoms with Gasteiger partial charge in [0.15, 0.2) is 0 Å². The van der Waals surface area contributed by atoms with Crippen LogP contribution < -0.4 is 9.80 Å². The van der Waals surface area contributed by atoms with Crippen molar-refractivity contribution in [3.05, 3.63) is 41.7 Å². The maximum absolute atomic E-state index is 13.4. The van der Waals surface area contributed by atoms with Gasteiger partial charge in [-0.1, -0.05) is 0 Å². The molecule has 1 aliphatic rings. The highest BCUT2D eigenvalue weighted by Crippen LogP contribution is 2.23. The van der Waals surface area contributed by atoms with Crippen LogP contribution in [-0.4, -0.2) is 63.0 Å². The Hall–Kier alpha value is -2.33. The number of hydrogen-bond donors (Lipinski definition) is 0. The van der Waals surface area contributed by atoms with Crippen molar-refractivity contribution in [3.8, 4) is 0 Å². The summed E-state index contributed by atoms with van der Waals surface area (Å²) in [6.07, 6.45) is 0. The van der Waals surface area contributed by atoms with Crippen LogP contribution in [0.4, 0.5) is 20.4 Å². The Balaban J connectivity index is 1.77. The van der Waals surface area contributed by atoms with Gasteiger partial charge in [0.2, 0.25) is 10.0 Å². The van der Waals surface area contributed by atoms with E-state index in [2.05, 4.69) is 9.97 Å². The summed E-state index contributed by atoms with van der Waals surface area (Å²) in [6.45, 7) is 3.03. The van der Waals surface area contributed by atoms with Gasteiger partial charge in [-0.15, -0.1) is 0 Å². The third kappa shape index (κ3) is 4.16. The molecule has 0 saturated carbocycles. The molecule has 3 rings (SSSR count). The number of anilines is 2. The lowest BCUT2D eigenvalue weighted by molar-refractivity contribution is 0.383. The highest BCUT2D eigenvalue weighted by Gasteiger charge is 2.30. The third-order valence-electron chi connectivity index (χ3n) is 4.31. The Labute approximate surface area is 157 Å². The van der Waals surface area contributed by atoms with Gasteiger partial charge in [0.1, 0.15) is 29.1 Å². The Morgan fingerprint density at radius 3 is 2.11 bits per heavy atom. The Bertz CT molecular complexity index is 924. The molecule has 1 aliphatic heterocycles. The van der Waals surface area contributed by atoms with Crippen molar-refractivity contribution in [2.24, 2.45) is 0 Å². The lowest BCUT2D eigenvalue weighted by Gasteiger charge is -2.35. The number of aryl methyl sites for hydroxylation is 1. The van der Waals surface area contributed by atoms with Gasteiger partial charge in [-0.25, -0.2) is 27.2 Å². The zero-order chi connectivity index (χ0) is 19.8. The topological polar surface area (TPSA) is 69.6 Å². The molecule has 0 unspecified atom stereocenters. The molecule has 1 fully saturated rings. The van der Waals surface area contributed by atoms with Crippen molar-refractivity contribution < 1.29 is 17.2 Å². The van der Waals surface area contributed by atoms with Gasteiger partial charge in [0.05, 0.1) is 4.90 Å². The number of aromatic nitrogens is 2. The second kappa shape index (κ2) is 7.35. The molecule has 2 aromatic rings. The predicted octanol–water partition coefficient (Wildman–Crippen LogP) is 1.64. The fourth-order valence-electron chi connectivity index (χ4n) is 2.91. The normalized spacial score (nSPS) is 15.8. The van der Waals surface area contributed by atoms with Gasteiger partial charge < -0.3 is 9.80 Å². The molecule has 0 amide bonds. The summed E-state index contributed by atoms with van der Waals surface area (Å²) in [5.74, 6) is 0.282. The second-order valence-electron chi connectivity index (χ2n) is 6.52. The van der Waals surface area contributed by atoms with E-state index in [9.17, 15) is 17.2 Å². The van der Waals surface area contributed by atoms with Crippen LogP contribution in [-0.2, 0) is 10.0 Å². The summed E-state index contributed by atoms with van der Waals surface area (Å²) in [4.78, 5) is 12.2. The van der Waals surface area contributed by atoms with Crippen molar-refractivity contribution in [2.75, 3.05) is 50.1 Å². The van der Waals surface area contributed by atoms with Gasteiger partial charge in [-0.05, 0) is 19.1 Å². The minimum absolute atomic E-state index is 0.195. The van der Waals surface area contributed by atoms with E-state index in [4.69, 9.17) is 0 Å². The average molecular weight is 397 g/mol. The highest BCUT2D eigenvalue weighted by molar-refractivity contribution is 7.89. The fourth-order valence-corrected chi connectivity index (χ4v) is 4.38. The van der Waals surface area contributed by atoms with E-state index in [0.29, 0.717) is 25.0 Å². The van der Waals surface area contributed by atoms with Crippen LogP contribution in [0.1, 0.15) is 5.82 Å². The first-order valence-corrected chi connectivity index (χ1v) is 9.85. The van der Waals surface area contributed by atoms with E-state index < -0.39 is 21.7 Å². The highest BCUT2D eigenvalue weighted by atomic mass is 32.2. The van der Waals surface area contributed by atoms with Crippen LogP contribution >= 0.6 is 0 Å². The Morgan fingerprint density at radius 1 is 0.963 bits per heavy atom. The van der Waals surface area contributed by atoms with Crippen LogP contribution in [0.15, 0.2) is 29.2 Å². The minimum Gasteiger partial charge on any atom is -0.363 e. The van der Waals surface area contributed by atoms with E-state index in [1.807, 2.05) is 30.0 Å². The maximum Gasteiger partial charge on any atom is 0.243 e. The number of rotatable bonds is 4.